The Kier molecular flexibility index (Phi) is 2.65. The fourth-order valence-corrected chi connectivity index (χ4v) is 2.25. The Morgan fingerprint density at radius 3 is 3.07 bits per heavy atom. The van der Waals surface area contributed by atoms with E-state index in [0.717, 1.165) is 23.1 Å². The molecule has 0 amide bonds. The van der Waals surface area contributed by atoms with Gasteiger partial charge in [0.1, 0.15) is 5.58 Å². The highest BCUT2D eigenvalue weighted by Gasteiger charge is 2.05. The van der Waals surface area contributed by atoms with E-state index >= 15 is 0 Å². The Labute approximate surface area is 85.2 Å². The molecule has 0 fully saturated rings. The van der Waals surface area contributed by atoms with Gasteiger partial charge in [0.15, 0.2) is 0 Å². The van der Waals surface area contributed by atoms with Crippen molar-refractivity contribution < 1.29 is 4.42 Å². The molecular weight excluding hydrogens is 198 g/mol. The van der Waals surface area contributed by atoms with Gasteiger partial charge in [0, 0.05) is 0 Å². The van der Waals surface area contributed by atoms with Crippen molar-refractivity contribution in [3.8, 4) is 0 Å². The molecular formula is C10H11NO2S. The van der Waals surface area contributed by atoms with Crippen LogP contribution in [0, 0.1) is 0 Å². The summed E-state index contributed by atoms with van der Waals surface area (Å²) in [5, 5.41) is 0. The molecule has 1 aromatic carbocycles. The standard InChI is InChI=1S/C10H11NO2S/c11-6-2-4-7-3-1-5-8-9(7)14-10(12)13-8/h1,3,5H,2,4,6,11H2. The zero-order valence-corrected chi connectivity index (χ0v) is 8.47. The molecule has 0 aliphatic carbocycles. The lowest BCUT2D eigenvalue weighted by atomic mass is 10.1. The zero-order valence-electron chi connectivity index (χ0n) is 7.66. The number of hydrogen-bond acceptors (Lipinski definition) is 4. The third-order valence-corrected chi connectivity index (χ3v) is 3.01. The minimum atomic E-state index is -0.236. The Morgan fingerprint density at radius 2 is 2.29 bits per heavy atom. The van der Waals surface area contributed by atoms with Crippen molar-refractivity contribution in [1.29, 1.82) is 0 Å². The molecule has 1 aromatic heterocycles. The fourth-order valence-electron chi connectivity index (χ4n) is 1.44. The van der Waals surface area contributed by atoms with Gasteiger partial charge in [-0.25, -0.2) is 4.79 Å². The van der Waals surface area contributed by atoms with Crippen LogP contribution in [0.4, 0.5) is 0 Å². The molecule has 2 rings (SSSR count). The van der Waals surface area contributed by atoms with Gasteiger partial charge in [-0.15, -0.1) is 0 Å². The molecule has 2 N–H and O–H groups in total. The Morgan fingerprint density at radius 1 is 1.43 bits per heavy atom. The van der Waals surface area contributed by atoms with Gasteiger partial charge in [0.25, 0.3) is 0 Å². The van der Waals surface area contributed by atoms with Crippen LogP contribution >= 0.6 is 11.3 Å². The lowest BCUT2D eigenvalue weighted by Crippen LogP contribution is -2.00. The summed E-state index contributed by atoms with van der Waals surface area (Å²) < 4.78 is 5.98. The van der Waals surface area contributed by atoms with Crippen LogP contribution in [0.5, 0.6) is 0 Å². The fraction of sp³-hybridized carbons (Fsp3) is 0.300. The second kappa shape index (κ2) is 3.94. The maximum atomic E-state index is 11.0. The molecule has 0 saturated heterocycles. The molecule has 14 heavy (non-hydrogen) atoms. The van der Waals surface area contributed by atoms with Crippen molar-refractivity contribution >= 4 is 21.6 Å². The second-order valence-electron chi connectivity index (χ2n) is 3.09. The van der Waals surface area contributed by atoms with E-state index in [1.165, 1.54) is 11.3 Å². The molecule has 0 atom stereocenters. The van der Waals surface area contributed by atoms with Crippen LogP contribution in [0.15, 0.2) is 27.4 Å². The second-order valence-corrected chi connectivity index (χ2v) is 4.04. The third-order valence-electron chi connectivity index (χ3n) is 2.09. The van der Waals surface area contributed by atoms with E-state index in [1.54, 1.807) is 0 Å². The molecule has 0 aliphatic rings. The van der Waals surface area contributed by atoms with Gasteiger partial charge >= 0.3 is 4.94 Å². The molecule has 74 valence electrons. The normalized spacial score (nSPS) is 10.9. The van der Waals surface area contributed by atoms with Crippen LogP contribution < -0.4 is 10.7 Å². The van der Waals surface area contributed by atoms with Gasteiger partial charge in [0.05, 0.1) is 4.70 Å². The van der Waals surface area contributed by atoms with Crippen LogP contribution in [0.3, 0.4) is 0 Å². The van der Waals surface area contributed by atoms with Crippen LogP contribution in [-0.4, -0.2) is 6.54 Å². The van der Waals surface area contributed by atoms with Crippen molar-refractivity contribution in [2.75, 3.05) is 6.54 Å². The summed E-state index contributed by atoms with van der Waals surface area (Å²) in [5.41, 5.74) is 7.29. The molecule has 0 radical (unpaired) electrons. The number of aryl methyl sites for hydroxylation is 1. The predicted molar refractivity (Wildman–Crippen MR) is 57.7 cm³/mol. The lowest BCUT2D eigenvalue weighted by Gasteiger charge is -1.99. The topological polar surface area (TPSA) is 56.2 Å². The number of fused-ring (bicyclic) bond motifs is 1. The van der Waals surface area contributed by atoms with Gasteiger partial charge in [-0.05, 0) is 31.0 Å². The smallest absolute Gasteiger partial charge is 0.396 e. The van der Waals surface area contributed by atoms with Gasteiger partial charge in [-0.2, -0.15) is 0 Å². The Bertz CT molecular complexity index is 486. The van der Waals surface area contributed by atoms with Crippen molar-refractivity contribution in [2.45, 2.75) is 12.8 Å². The first-order valence-corrected chi connectivity index (χ1v) is 5.34. The van der Waals surface area contributed by atoms with Gasteiger partial charge in [0.2, 0.25) is 0 Å². The first-order chi connectivity index (χ1) is 6.81. The summed E-state index contributed by atoms with van der Waals surface area (Å²) in [7, 11) is 0. The summed E-state index contributed by atoms with van der Waals surface area (Å²) in [6, 6.07) is 5.74. The van der Waals surface area contributed by atoms with E-state index in [2.05, 4.69) is 0 Å². The molecule has 2 aromatic rings. The number of nitrogens with two attached hydrogens (primary N) is 1. The van der Waals surface area contributed by atoms with Crippen molar-refractivity contribution in [1.82, 2.24) is 0 Å². The van der Waals surface area contributed by atoms with Crippen LogP contribution in [0.1, 0.15) is 12.0 Å². The molecule has 1 heterocycles. The van der Waals surface area contributed by atoms with Crippen LogP contribution in [0.25, 0.3) is 10.3 Å². The summed E-state index contributed by atoms with van der Waals surface area (Å²) in [5.74, 6) is 0. The molecule has 0 aliphatic heterocycles. The number of benzene rings is 1. The van der Waals surface area contributed by atoms with E-state index in [4.69, 9.17) is 10.2 Å². The monoisotopic (exact) mass is 209 g/mol. The molecule has 0 unspecified atom stereocenters. The first kappa shape index (κ1) is 9.43. The molecule has 0 saturated carbocycles. The van der Waals surface area contributed by atoms with E-state index in [0.29, 0.717) is 12.1 Å². The Hall–Kier alpha value is -1.13. The summed E-state index contributed by atoms with van der Waals surface area (Å²) in [4.78, 5) is 10.8. The molecule has 0 bridgehead atoms. The highest BCUT2D eigenvalue weighted by Crippen LogP contribution is 2.22. The highest BCUT2D eigenvalue weighted by atomic mass is 32.1. The van der Waals surface area contributed by atoms with E-state index in [9.17, 15) is 4.79 Å². The minimum absolute atomic E-state index is 0.236. The van der Waals surface area contributed by atoms with E-state index < -0.39 is 0 Å². The summed E-state index contributed by atoms with van der Waals surface area (Å²) in [6.07, 6.45) is 1.84. The van der Waals surface area contributed by atoms with Crippen molar-refractivity contribution in [2.24, 2.45) is 5.73 Å². The minimum Gasteiger partial charge on any atom is -0.414 e. The van der Waals surface area contributed by atoms with Crippen LogP contribution in [-0.2, 0) is 6.42 Å². The highest BCUT2D eigenvalue weighted by molar-refractivity contribution is 7.16. The van der Waals surface area contributed by atoms with Gasteiger partial charge in [-0.1, -0.05) is 23.5 Å². The van der Waals surface area contributed by atoms with E-state index in [-0.39, 0.29) is 4.94 Å². The SMILES string of the molecule is NCCCc1cccc2oc(=O)sc12. The lowest BCUT2D eigenvalue weighted by molar-refractivity contribution is 0.585. The largest absolute Gasteiger partial charge is 0.414 e. The van der Waals surface area contributed by atoms with Gasteiger partial charge in [-0.3, -0.25) is 0 Å². The molecule has 0 spiro atoms. The van der Waals surface area contributed by atoms with E-state index in [1.807, 2.05) is 18.2 Å². The van der Waals surface area contributed by atoms with Gasteiger partial charge < -0.3 is 10.2 Å². The van der Waals surface area contributed by atoms with Crippen LogP contribution in [0.2, 0.25) is 0 Å². The Balaban J connectivity index is 2.47. The first-order valence-electron chi connectivity index (χ1n) is 4.53. The maximum Gasteiger partial charge on any atom is 0.396 e. The molecule has 4 heteroatoms. The molecule has 3 nitrogen and oxygen atoms in total. The number of rotatable bonds is 3. The van der Waals surface area contributed by atoms with Crippen molar-refractivity contribution in [3.05, 3.63) is 33.5 Å². The third kappa shape index (κ3) is 1.71. The quantitative estimate of drug-likeness (QED) is 0.837. The average Bonchev–Trinajstić information content (AvgIpc) is 2.55. The average molecular weight is 209 g/mol. The summed E-state index contributed by atoms with van der Waals surface area (Å²) in [6.45, 7) is 0.670. The zero-order chi connectivity index (χ0) is 9.97. The van der Waals surface area contributed by atoms with Crippen molar-refractivity contribution in [3.63, 3.8) is 0 Å². The predicted octanol–water partition coefficient (Wildman–Crippen LogP) is 1.75. The summed E-state index contributed by atoms with van der Waals surface area (Å²) >= 11 is 1.17. The number of hydrogen-bond donors (Lipinski definition) is 1. The maximum absolute atomic E-state index is 11.0.